The summed E-state index contributed by atoms with van der Waals surface area (Å²) in [7, 11) is 2.17. The van der Waals surface area contributed by atoms with E-state index in [0.29, 0.717) is 0 Å². The summed E-state index contributed by atoms with van der Waals surface area (Å²) in [4.78, 5) is 4.79. The second-order valence-corrected chi connectivity index (χ2v) is 7.40. The van der Waals surface area contributed by atoms with Gasteiger partial charge in [0.2, 0.25) is 0 Å². The van der Waals surface area contributed by atoms with Crippen LogP contribution in [-0.4, -0.2) is 51.3 Å². The molecule has 1 atom stereocenters. The largest absolute Gasteiger partial charge is 0.468 e. The molecule has 1 aliphatic heterocycles. The van der Waals surface area contributed by atoms with Gasteiger partial charge in [-0.2, -0.15) is 0 Å². The number of rotatable bonds is 4. The fourth-order valence-electron chi connectivity index (χ4n) is 3.94. The molecule has 3 aromatic heterocycles. The maximum atomic E-state index is 5.53. The molecule has 1 fully saturated rings. The van der Waals surface area contributed by atoms with Crippen molar-refractivity contribution in [1.82, 2.24) is 24.6 Å². The van der Waals surface area contributed by atoms with Gasteiger partial charge in [-0.25, -0.2) is 4.52 Å². The Morgan fingerprint density at radius 1 is 1.00 bits per heavy atom. The maximum Gasteiger partial charge on any atom is 0.117 e. The number of benzene rings is 1. The van der Waals surface area contributed by atoms with Gasteiger partial charge in [0.1, 0.15) is 11.5 Å². The summed E-state index contributed by atoms with van der Waals surface area (Å²) in [5.41, 5.74) is 4.42. The molecule has 0 amide bonds. The highest BCUT2D eigenvalue weighted by atomic mass is 16.3. The Bertz CT molecular complexity index is 1060. The van der Waals surface area contributed by atoms with Crippen molar-refractivity contribution in [1.29, 1.82) is 0 Å². The van der Waals surface area contributed by atoms with E-state index in [0.717, 1.165) is 48.7 Å². The number of hydrogen-bond donors (Lipinski definition) is 0. The van der Waals surface area contributed by atoms with E-state index in [9.17, 15) is 0 Å². The van der Waals surface area contributed by atoms with E-state index in [1.165, 1.54) is 5.56 Å². The van der Waals surface area contributed by atoms with Crippen LogP contribution in [0.4, 0.5) is 0 Å². The van der Waals surface area contributed by atoms with Crippen molar-refractivity contribution in [2.75, 3.05) is 26.7 Å². The van der Waals surface area contributed by atoms with Crippen LogP contribution in [0.3, 0.4) is 0 Å². The second-order valence-electron chi connectivity index (χ2n) is 7.40. The van der Waals surface area contributed by atoms with Crippen LogP contribution in [0.1, 0.15) is 17.5 Å². The average molecular weight is 373 g/mol. The number of fused-ring (bicyclic) bond motifs is 1. The monoisotopic (exact) mass is 373 g/mol. The number of pyridine rings is 1. The summed E-state index contributed by atoms with van der Waals surface area (Å²) in [5, 5.41) is 8.98. The van der Waals surface area contributed by atoms with Crippen molar-refractivity contribution in [3.8, 4) is 11.1 Å². The van der Waals surface area contributed by atoms with Crippen LogP contribution in [0.5, 0.6) is 0 Å². The van der Waals surface area contributed by atoms with Crippen molar-refractivity contribution < 1.29 is 4.42 Å². The lowest BCUT2D eigenvalue weighted by atomic mass is 10.1. The van der Waals surface area contributed by atoms with Crippen LogP contribution in [-0.2, 0) is 6.54 Å². The van der Waals surface area contributed by atoms with E-state index in [4.69, 9.17) is 4.42 Å². The Morgan fingerprint density at radius 2 is 1.89 bits per heavy atom. The quantitative estimate of drug-likeness (QED) is 0.548. The Labute approximate surface area is 164 Å². The van der Waals surface area contributed by atoms with Gasteiger partial charge < -0.3 is 4.42 Å². The highest BCUT2D eigenvalue weighted by molar-refractivity contribution is 5.66. The molecule has 4 aromatic rings. The molecule has 1 aromatic carbocycles. The van der Waals surface area contributed by atoms with Crippen LogP contribution in [0.2, 0.25) is 0 Å². The lowest BCUT2D eigenvalue weighted by Crippen LogP contribution is -2.46. The molecule has 0 bridgehead atoms. The molecule has 6 heteroatoms. The normalized spacial score (nSPS) is 18.7. The van der Waals surface area contributed by atoms with Crippen LogP contribution in [0.15, 0.2) is 71.5 Å². The lowest BCUT2D eigenvalue weighted by molar-refractivity contribution is 0.0840. The van der Waals surface area contributed by atoms with Gasteiger partial charge in [-0.05, 0) is 30.8 Å². The standard InChI is InChI=1S/C22H23N5O/c1-25-11-12-26(15-19-8-5-13-28-19)16-21(25)22-20-10-9-18(14-27(20)24-23-22)17-6-3-2-4-7-17/h2-10,13-14,21H,11-12,15-16H2,1H3/t21-/m0/s1. The van der Waals surface area contributed by atoms with E-state index in [1.54, 1.807) is 6.26 Å². The fraction of sp³-hybridized carbons (Fsp3) is 0.273. The fourth-order valence-corrected chi connectivity index (χ4v) is 3.94. The van der Waals surface area contributed by atoms with Gasteiger partial charge in [0.05, 0.1) is 24.4 Å². The SMILES string of the molecule is CN1CCN(Cc2ccco2)C[C@H]1c1nnn2cc(-c3ccccc3)ccc12. The summed E-state index contributed by atoms with van der Waals surface area (Å²) in [5.74, 6) is 1.00. The minimum atomic E-state index is 0.212. The first-order valence-corrected chi connectivity index (χ1v) is 9.63. The van der Waals surface area contributed by atoms with E-state index in [-0.39, 0.29) is 6.04 Å². The van der Waals surface area contributed by atoms with Gasteiger partial charge in [-0.15, -0.1) is 5.10 Å². The molecule has 1 saturated heterocycles. The second kappa shape index (κ2) is 7.22. The van der Waals surface area contributed by atoms with Crippen molar-refractivity contribution in [3.63, 3.8) is 0 Å². The zero-order chi connectivity index (χ0) is 18.9. The summed E-state index contributed by atoms with van der Waals surface area (Å²) in [6, 6.07) is 18.8. The number of piperazine rings is 1. The van der Waals surface area contributed by atoms with Gasteiger partial charge in [0.15, 0.2) is 0 Å². The topological polar surface area (TPSA) is 49.8 Å². The molecule has 0 saturated carbocycles. The number of hydrogen-bond acceptors (Lipinski definition) is 5. The highest BCUT2D eigenvalue weighted by Crippen LogP contribution is 2.28. The summed E-state index contributed by atoms with van der Waals surface area (Å²) in [6.45, 7) is 3.75. The Hall–Kier alpha value is -2.96. The molecule has 4 heterocycles. The zero-order valence-corrected chi connectivity index (χ0v) is 15.9. The summed E-state index contributed by atoms with van der Waals surface area (Å²) >= 11 is 0. The molecule has 28 heavy (non-hydrogen) atoms. The first-order chi connectivity index (χ1) is 13.8. The van der Waals surface area contributed by atoms with Crippen LogP contribution in [0.25, 0.3) is 16.6 Å². The maximum absolute atomic E-state index is 5.53. The first-order valence-electron chi connectivity index (χ1n) is 9.63. The third kappa shape index (κ3) is 3.21. The Kier molecular flexibility index (Phi) is 4.43. The summed E-state index contributed by atoms with van der Waals surface area (Å²) < 4.78 is 7.43. The van der Waals surface area contributed by atoms with E-state index < -0.39 is 0 Å². The zero-order valence-electron chi connectivity index (χ0n) is 15.9. The van der Waals surface area contributed by atoms with Gasteiger partial charge in [0.25, 0.3) is 0 Å². The van der Waals surface area contributed by atoms with Crippen LogP contribution < -0.4 is 0 Å². The van der Waals surface area contributed by atoms with Crippen molar-refractivity contribution >= 4 is 5.52 Å². The Balaban J connectivity index is 1.43. The molecule has 142 valence electrons. The number of likely N-dealkylation sites (N-methyl/N-ethyl adjacent to an activating group) is 1. The number of nitrogens with zero attached hydrogens (tertiary/aromatic N) is 5. The average Bonchev–Trinajstić information content (AvgIpc) is 3.39. The third-order valence-electron chi connectivity index (χ3n) is 5.55. The van der Waals surface area contributed by atoms with Crippen LogP contribution in [0, 0.1) is 0 Å². The third-order valence-corrected chi connectivity index (χ3v) is 5.55. The lowest BCUT2D eigenvalue weighted by Gasteiger charge is -2.38. The van der Waals surface area contributed by atoms with Crippen LogP contribution >= 0.6 is 0 Å². The van der Waals surface area contributed by atoms with E-state index >= 15 is 0 Å². The van der Waals surface area contributed by atoms with Crippen molar-refractivity contribution in [3.05, 3.63) is 78.5 Å². The van der Waals surface area contributed by atoms with E-state index in [2.05, 4.69) is 69.8 Å². The molecule has 1 aliphatic rings. The van der Waals surface area contributed by atoms with Gasteiger partial charge in [-0.3, -0.25) is 9.80 Å². The molecule has 0 unspecified atom stereocenters. The molecule has 0 spiro atoms. The predicted octanol–water partition coefficient (Wildman–Crippen LogP) is 3.48. The number of furan rings is 1. The smallest absolute Gasteiger partial charge is 0.117 e. The first kappa shape index (κ1) is 17.2. The molecule has 0 radical (unpaired) electrons. The Morgan fingerprint density at radius 3 is 2.71 bits per heavy atom. The predicted molar refractivity (Wildman–Crippen MR) is 108 cm³/mol. The minimum absolute atomic E-state index is 0.212. The van der Waals surface area contributed by atoms with E-state index in [1.807, 2.05) is 22.7 Å². The molecular weight excluding hydrogens is 350 g/mol. The molecule has 0 aliphatic carbocycles. The molecule has 0 N–H and O–H groups in total. The van der Waals surface area contributed by atoms with Gasteiger partial charge >= 0.3 is 0 Å². The van der Waals surface area contributed by atoms with Gasteiger partial charge in [0, 0.05) is 31.4 Å². The molecular formula is C22H23N5O. The molecule has 5 rings (SSSR count). The minimum Gasteiger partial charge on any atom is -0.468 e. The van der Waals surface area contributed by atoms with Gasteiger partial charge in [-0.1, -0.05) is 41.6 Å². The van der Waals surface area contributed by atoms with Crippen molar-refractivity contribution in [2.24, 2.45) is 0 Å². The summed E-state index contributed by atoms with van der Waals surface area (Å²) in [6.07, 6.45) is 3.80. The highest BCUT2D eigenvalue weighted by Gasteiger charge is 2.29. The number of aromatic nitrogens is 3. The molecule has 6 nitrogen and oxygen atoms in total. The van der Waals surface area contributed by atoms with Crippen molar-refractivity contribution in [2.45, 2.75) is 12.6 Å².